The molecule has 0 saturated carbocycles. The van der Waals surface area contributed by atoms with Crippen LogP contribution in [0.2, 0.25) is 0 Å². The van der Waals surface area contributed by atoms with Crippen LogP contribution in [0.25, 0.3) is 0 Å². The van der Waals surface area contributed by atoms with E-state index in [0.717, 1.165) is 19.3 Å². The molecule has 10 heteroatoms. The van der Waals surface area contributed by atoms with Crippen LogP contribution in [0.15, 0.2) is 24.3 Å². The number of aliphatic hydroxyl groups excluding tert-OH is 1. The fourth-order valence-electron chi connectivity index (χ4n) is 4.33. The molecule has 0 heterocycles. The third kappa shape index (κ3) is 15.4. The molecule has 0 aliphatic rings. The smallest absolute Gasteiger partial charge is 0.407 e. The van der Waals surface area contributed by atoms with E-state index in [1.807, 2.05) is 13.8 Å². The Hall–Kier alpha value is -2.85. The van der Waals surface area contributed by atoms with E-state index < -0.39 is 29.8 Å². The number of ether oxygens (including phenoxy) is 3. The maximum atomic E-state index is 13.0. The molecule has 1 rings (SSSR count). The lowest BCUT2D eigenvalue weighted by Gasteiger charge is -2.32. The lowest BCUT2D eigenvalue weighted by Crippen LogP contribution is -2.49. The van der Waals surface area contributed by atoms with Crippen LogP contribution in [0, 0.1) is 17.8 Å². The highest BCUT2D eigenvalue weighted by Gasteiger charge is 2.31. The first-order valence-corrected chi connectivity index (χ1v) is 15.2. The standard InChI is InChI=1S/C32H55N3O7/c1-9-10-15-33-29(37)23(4)18-28(36)27(35-31(39)42-32(5,6)7)20-25(22(2)3)21-34-30(38)24-13-11-14-26(19-24)41-17-12-16-40-8/h11,13-14,19,22-23,25,27-28,36H,9-10,12,15-18,20-21H2,1-8H3,(H,33,37)(H,34,38)(H,35,39)/t23-,25-,27+,28+/m1/s1. The van der Waals surface area contributed by atoms with Gasteiger partial charge in [-0.2, -0.15) is 0 Å². The predicted octanol–water partition coefficient (Wildman–Crippen LogP) is 4.69. The minimum atomic E-state index is -0.992. The van der Waals surface area contributed by atoms with Crippen LogP contribution in [-0.4, -0.2) is 74.2 Å². The van der Waals surface area contributed by atoms with Crippen molar-refractivity contribution >= 4 is 17.9 Å². The van der Waals surface area contributed by atoms with Crippen molar-refractivity contribution in [3.05, 3.63) is 29.8 Å². The number of rotatable bonds is 19. The summed E-state index contributed by atoms with van der Waals surface area (Å²) in [5.74, 6) is -0.150. The molecule has 1 aromatic rings. The number of unbranched alkanes of at least 4 members (excludes halogenated alkanes) is 1. The van der Waals surface area contributed by atoms with Crippen LogP contribution >= 0.6 is 0 Å². The Labute approximate surface area is 252 Å². The van der Waals surface area contributed by atoms with E-state index in [-0.39, 0.29) is 30.1 Å². The Bertz CT molecular complexity index is 948. The molecule has 0 radical (unpaired) electrons. The average Bonchev–Trinajstić information content (AvgIpc) is 2.91. The highest BCUT2D eigenvalue weighted by atomic mass is 16.6. The van der Waals surface area contributed by atoms with Gasteiger partial charge in [0.1, 0.15) is 11.4 Å². The van der Waals surface area contributed by atoms with Crippen LogP contribution in [0.4, 0.5) is 4.79 Å². The molecule has 0 unspecified atom stereocenters. The van der Waals surface area contributed by atoms with E-state index in [1.165, 1.54) is 0 Å². The van der Waals surface area contributed by atoms with Gasteiger partial charge in [0.05, 0.1) is 18.8 Å². The van der Waals surface area contributed by atoms with Gasteiger partial charge >= 0.3 is 6.09 Å². The molecular formula is C32H55N3O7. The number of benzene rings is 1. The van der Waals surface area contributed by atoms with Gasteiger partial charge in [-0.1, -0.05) is 40.2 Å². The van der Waals surface area contributed by atoms with E-state index in [2.05, 4.69) is 22.9 Å². The number of nitrogens with one attached hydrogen (secondary N) is 3. The van der Waals surface area contributed by atoms with Gasteiger partial charge in [0.2, 0.25) is 5.91 Å². The van der Waals surface area contributed by atoms with Crippen molar-refractivity contribution in [1.29, 1.82) is 0 Å². The quantitative estimate of drug-likeness (QED) is 0.171. The Morgan fingerprint density at radius 3 is 2.33 bits per heavy atom. The first kappa shape index (κ1) is 37.2. The third-order valence-electron chi connectivity index (χ3n) is 6.92. The number of hydrogen-bond acceptors (Lipinski definition) is 7. The molecule has 0 spiro atoms. The SMILES string of the molecule is CCCCNC(=O)[C@H](C)C[C@H](O)[C@H](C[C@H](CNC(=O)c1cccc(OCCCOC)c1)C(C)C)NC(=O)OC(C)(C)C. The van der Waals surface area contributed by atoms with Crippen LogP contribution in [0.1, 0.15) is 90.9 Å². The Morgan fingerprint density at radius 2 is 1.71 bits per heavy atom. The lowest BCUT2D eigenvalue weighted by molar-refractivity contribution is -0.125. The molecule has 0 saturated heterocycles. The van der Waals surface area contributed by atoms with Crippen molar-refractivity contribution in [2.45, 2.75) is 98.3 Å². The fraction of sp³-hybridized carbons (Fsp3) is 0.719. The first-order valence-electron chi connectivity index (χ1n) is 15.2. The first-order chi connectivity index (χ1) is 19.8. The maximum absolute atomic E-state index is 13.0. The van der Waals surface area contributed by atoms with Crippen LogP contribution < -0.4 is 20.7 Å². The predicted molar refractivity (Wildman–Crippen MR) is 165 cm³/mol. The zero-order valence-electron chi connectivity index (χ0n) is 27.0. The largest absolute Gasteiger partial charge is 0.493 e. The number of amides is 3. The fourth-order valence-corrected chi connectivity index (χ4v) is 4.33. The normalized spacial score (nSPS) is 14.4. The molecule has 42 heavy (non-hydrogen) atoms. The Morgan fingerprint density at radius 1 is 1.00 bits per heavy atom. The molecule has 4 N–H and O–H groups in total. The van der Waals surface area contributed by atoms with E-state index in [9.17, 15) is 19.5 Å². The van der Waals surface area contributed by atoms with Crippen molar-refractivity contribution in [3.63, 3.8) is 0 Å². The van der Waals surface area contributed by atoms with Gasteiger partial charge in [-0.05, 0) is 70.1 Å². The lowest BCUT2D eigenvalue weighted by atomic mass is 9.85. The van der Waals surface area contributed by atoms with E-state index >= 15 is 0 Å². The molecule has 0 aliphatic heterocycles. The van der Waals surface area contributed by atoms with Crippen LogP contribution in [0.5, 0.6) is 5.75 Å². The molecular weight excluding hydrogens is 538 g/mol. The monoisotopic (exact) mass is 593 g/mol. The number of carbonyl (C=O) groups excluding carboxylic acids is 3. The average molecular weight is 594 g/mol. The number of methoxy groups -OCH3 is 1. The van der Waals surface area contributed by atoms with Crippen LogP contribution in [-0.2, 0) is 14.3 Å². The summed E-state index contributed by atoms with van der Waals surface area (Å²) in [6.07, 6.45) is 1.53. The van der Waals surface area contributed by atoms with Gasteiger partial charge in [0, 0.05) is 44.7 Å². The summed E-state index contributed by atoms with van der Waals surface area (Å²) >= 11 is 0. The highest BCUT2D eigenvalue weighted by molar-refractivity contribution is 5.94. The Kier molecular flexibility index (Phi) is 17.1. The van der Waals surface area contributed by atoms with Crippen molar-refractivity contribution in [3.8, 4) is 5.75 Å². The van der Waals surface area contributed by atoms with E-state index in [0.29, 0.717) is 44.0 Å². The van der Waals surface area contributed by atoms with Crippen molar-refractivity contribution in [2.24, 2.45) is 17.8 Å². The zero-order chi connectivity index (χ0) is 31.7. The topological polar surface area (TPSA) is 135 Å². The van der Waals surface area contributed by atoms with Gasteiger partial charge in [-0.15, -0.1) is 0 Å². The molecule has 10 nitrogen and oxygen atoms in total. The maximum Gasteiger partial charge on any atom is 0.407 e. The molecule has 0 fully saturated rings. The summed E-state index contributed by atoms with van der Waals surface area (Å²) in [5.41, 5.74) is -0.229. The molecule has 0 bridgehead atoms. The summed E-state index contributed by atoms with van der Waals surface area (Å²) in [6.45, 7) is 15.2. The summed E-state index contributed by atoms with van der Waals surface area (Å²) in [5, 5.41) is 19.9. The van der Waals surface area contributed by atoms with E-state index in [4.69, 9.17) is 14.2 Å². The van der Waals surface area contributed by atoms with Gasteiger partial charge < -0.3 is 35.3 Å². The molecule has 1 aromatic carbocycles. The third-order valence-corrected chi connectivity index (χ3v) is 6.92. The second-order valence-corrected chi connectivity index (χ2v) is 12.3. The molecule has 3 amide bonds. The zero-order valence-corrected chi connectivity index (χ0v) is 27.0. The molecule has 240 valence electrons. The van der Waals surface area contributed by atoms with Gasteiger partial charge in [-0.25, -0.2) is 4.79 Å². The summed E-state index contributed by atoms with van der Waals surface area (Å²) < 4.78 is 16.2. The van der Waals surface area contributed by atoms with Gasteiger partial charge in [0.15, 0.2) is 0 Å². The molecule has 0 aliphatic carbocycles. The number of carbonyl (C=O) groups is 3. The van der Waals surface area contributed by atoms with Crippen molar-refractivity contribution in [2.75, 3.05) is 33.4 Å². The number of hydrogen-bond donors (Lipinski definition) is 4. The summed E-state index contributed by atoms with van der Waals surface area (Å²) in [7, 11) is 1.64. The highest BCUT2D eigenvalue weighted by Crippen LogP contribution is 2.22. The van der Waals surface area contributed by atoms with Gasteiger partial charge in [-0.3, -0.25) is 9.59 Å². The minimum absolute atomic E-state index is 0.0781. The summed E-state index contributed by atoms with van der Waals surface area (Å²) in [4.78, 5) is 38.3. The second-order valence-electron chi connectivity index (χ2n) is 12.3. The van der Waals surface area contributed by atoms with Crippen molar-refractivity contribution < 1.29 is 33.7 Å². The van der Waals surface area contributed by atoms with E-state index in [1.54, 1.807) is 59.1 Å². The Balaban J connectivity index is 2.93. The number of aliphatic hydroxyl groups is 1. The van der Waals surface area contributed by atoms with Gasteiger partial charge in [0.25, 0.3) is 5.91 Å². The number of alkyl carbamates (subject to hydrolysis) is 1. The van der Waals surface area contributed by atoms with Crippen LogP contribution in [0.3, 0.4) is 0 Å². The second kappa shape index (κ2) is 19.4. The minimum Gasteiger partial charge on any atom is -0.493 e. The molecule has 0 aromatic heterocycles. The molecule has 4 atom stereocenters. The summed E-state index contributed by atoms with van der Waals surface area (Å²) in [6, 6.07) is 6.33. The van der Waals surface area contributed by atoms with Crippen molar-refractivity contribution in [1.82, 2.24) is 16.0 Å².